The number of aliphatic hydroxyl groups is 2. The molecule has 4 rings (SSSR count). The second-order valence-electron chi connectivity index (χ2n) is 21.0. The molecule has 0 heterocycles. The summed E-state index contributed by atoms with van der Waals surface area (Å²) < 4.78 is 24.0. The number of rotatable bonds is 47. The molecule has 2 atom stereocenters. The van der Waals surface area contributed by atoms with E-state index in [1.807, 2.05) is 60.7 Å². The summed E-state index contributed by atoms with van der Waals surface area (Å²) in [5.41, 5.74) is 2.76. The minimum atomic E-state index is -0.821. The maximum absolute atomic E-state index is 10.8. The molecule has 0 aromatic heterocycles. The fraction of sp³-hybridized carbons (Fsp3) is 0.632. The highest BCUT2D eigenvalue weighted by molar-refractivity contribution is 5.47. The van der Waals surface area contributed by atoms with E-state index >= 15 is 0 Å². The second-order valence-corrected chi connectivity index (χ2v) is 21.0. The summed E-state index contributed by atoms with van der Waals surface area (Å²) in [4.78, 5) is 0. The zero-order valence-electron chi connectivity index (χ0n) is 47.5. The van der Waals surface area contributed by atoms with Crippen molar-refractivity contribution in [1.82, 2.24) is 0 Å². The molecule has 0 radical (unpaired) electrons. The summed E-state index contributed by atoms with van der Waals surface area (Å²) in [7, 11) is 0. The highest BCUT2D eigenvalue weighted by atomic mass is 16.5. The summed E-state index contributed by atoms with van der Waals surface area (Å²) in [5, 5.41) is 29.5. The van der Waals surface area contributed by atoms with Gasteiger partial charge in [-0.2, -0.15) is 5.26 Å². The van der Waals surface area contributed by atoms with Crippen LogP contribution in [-0.4, -0.2) is 62.1 Å². The van der Waals surface area contributed by atoms with Crippen molar-refractivity contribution in [2.75, 3.05) is 39.6 Å². The van der Waals surface area contributed by atoms with Gasteiger partial charge >= 0.3 is 0 Å². The van der Waals surface area contributed by atoms with Gasteiger partial charge in [-0.15, -0.1) is 0 Å². The fourth-order valence-electron chi connectivity index (χ4n) is 9.94. The highest BCUT2D eigenvalue weighted by Crippen LogP contribution is 2.40. The molecule has 0 bridgehead atoms. The molecule has 75 heavy (non-hydrogen) atoms. The zero-order valence-corrected chi connectivity index (χ0v) is 47.5. The first-order valence-corrected chi connectivity index (χ1v) is 30.5. The third-order valence-corrected chi connectivity index (χ3v) is 14.4. The molecule has 0 aliphatic carbocycles. The van der Waals surface area contributed by atoms with Crippen LogP contribution in [0.15, 0.2) is 115 Å². The Kier molecular flexibility index (Phi) is 40.1. The predicted octanol–water partition coefficient (Wildman–Crippen LogP) is 18.2. The van der Waals surface area contributed by atoms with Crippen LogP contribution >= 0.6 is 0 Å². The summed E-state index contributed by atoms with van der Waals surface area (Å²) in [6, 6.07) is 40.1. The van der Waals surface area contributed by atoms with Crippen molar-refractivity contribution in [2.24, 2.45) is 0 Å². The number of nitrogens with zero attached hydrogens (tertiary/aromatic N) is 1. The van der Waals surface area contributed by atoms with Crippen LogP contribution in [0.25, 0.3) is 0 Å². The third kappa shape index (κ3) is 30.5. The Balaban J connectivity index is 0.000000414. The van der Waals surface area contributed by atoms with Gasteiger partial charge in [-0.05, 0) is 41.7 Å². The fourth-order valence-corrected chi connectivity index (χ4v) is 9.94. The minimum absolute atomic E-state index is 0.126. The molecule has 0 aliphatic rings. The highest BCUT2D eigenvalue weighted by Gasteiger charge is 2.38. The molecule has 0 spiro atoms. The summed E-state index contributed by atoms with van der Waals surface area (Å²) in [6.07, 6.45) is 42.4. The Morgan fingerprint density at radius 3 is 1.08 bits per heavy atom. The van der Waals surface area contributed by atoms with E-state index in [2.05, 4.69) is 56.3 Å². The summed E-state index contributed by atoms with van der Waals surface area (Å²) in [5.74, 6) is 0.500. The molecular weight excluding hydrogens is 927 g/mol. The monoisotopic (exact) mass is 1030 g/mol. The molecule has 2 N–H and O–H groups in total. The van der Waals surface area contributed by atoms with E-state index in [1.54, 1.807) is 18.2 Å². The number of hydrogen-bond donors (Lipinski definition) is 2. The number of para-hydroxylation sites is 1. The Hall–Kier alpha value is -4.03. The summed E-state index contributed by atoms with van der Waals surface area (Å²) >= 11 is 0. The number of hydrogen-bond acceptors (Lipinski definition) is 7. The predicted molar refractivity (Wildman–Crippen MR) is 315 cm³/mol. The maximum Gasteiger partial charge on any atom is 0.145 e. The molecule has 0 amide bonds. The van der Waals surface area contributed by atoms with Crippen molar-refractivity contribution in [2.45, 2.75) is 237 Å². The van der Waals surface area contributed by atoms with Crippen LogP contribution in [0.4, 0.5) is 0 Å². The third-order valence-electron chi connectivity index (χ3n) is 14.4. The van der Waals surface area contributed by atoms with Gasteiger partial charge in [0.05, 0.1) is 32.0 Å². The lowest BCUT2D eigenvalue weighted by Gasteiger charge is -2.36. The average molecular weight is 1030 g/mol. The second kappa shape index (κ2) is 46.1. The van der Waals surface area contributed by atoms with Gasteiger partial charge in [-0.1, -0.05) is 310 Å². The van der Waals surface area contributed by atoms with Crippen molar-refractivity contribution in [3.63, 3.8) is 0 Å². The van der Waals surface area contributed by atoms with Crippen molar-refractivity contribution < 1.29 is 29.2 Å². The number of unbranched alkanes of at least 4 members (excludes halogenated alkanes) is 30. The van der Waals surface area contributed by atoms with Crippen LogP contribution in [0.5, 0.6) is 5.75 Å². The molecular formula is C68H105NO6. The largest absolute Gasteiger partial charge is 0.484 e. The van der Waals surface area contributed by atoms with E-state index in [9.17, 15) is 10.2 Å². The number of aliphatic hydroxyl groups excluding tert-OH is 2. The molecule has 7 heteroatoms. The molecule has 0 saturated heterocycles. The molecule has 0 fully saturated rings. The number of nitriles is 1. The van der Waals surface area contributed by atoms with E-state index in [0.29, 0.717) is 31.1 Å². The van der Waals surface area contributed by atoms with Crippen LogP contribution in [0, 0.1) is 11.3 Å². The van der Waals surface area contributed by atoms with Crippen molar-refractivity contribution in [3.05, 3.63) is 138 Å². The lowest BCUT2D eigenvalue weighted by Crippen LogP contribution is -2.36. The Labute approximate surface area is 458 Å². The first kappa shape index (κ1) is 65.3. The lowest BCUT2D eigenvalue weighted by molar-refractivity contribution is -0.0641. The minimum Gasteiger partial charge on any atom is -0.484 e. The van der Waals surface area contributed by atoms with Crippen molar-refractivity contribution in [1.29, 1.82) is 5.26 Å². The quantitative estimate of drug-likeness (QED) is 0.0336. The van der Waals surface area contributed by atoms with Crippen LogP contribution in [0.1, 0.15) is 242 Å². The molecule has 0 unspecified atom stereocenters. The van der Waals surface area contributed by atoms with Gasteiger partial charge < -0.3 is 29.2 Å². The Morgan fingerprint density at radius 2 is 0.733 bits per heavy atom. The molecule has 0 saturated carbocycles. The number of ether oxygens (including phenoxy) is 4. The first-order chi connectivity index (χ1) is 37.1. The smallest absolute Gasteiger partial charge is 0.145 e. The van der Waals surface area contributed by atoms with E-state index < -0.39 is 17.8 Å². The van der Waals surface area contributed by atoms with Gasteiger partial charge in [0, 0.05) is 13.2 Å². The topological polar surface area (TPSA) is 101 Å². The average Bonchev–Trinajstić information content (AvgIpc) is 3.46. The van der Waals surface area contributed by atoms with Gasteiger partial charge in [0.1, 0.15) is 29.6 Å². The lowest BCUT2D eigenvalue weighted by atomic mass is 9.80. The Morgan fingerprint density at radius 1 is 0.413 bits per heavy atom. The SMILES string of the molecule is CCCCCCCCCCCCCCCCCCOC[C@@H](O)COC(c1ccccc1)(c1ccccc1)c1ccccc1.CCCCCCCCCCCCCCCCCCOC[C@H](CO)Oc1ccccc1C#N. The van der Waals surface area contributed by atoms with E-state index in [-0.39, 0.29) is 19.8 Å². The van der Waals surface area contributed by atoms with E-state index in [1.165, 1.54) is 193 Å². The van der Waals surface area contributed by atoms with Gasteiger partial charge in [-0.3, -0.25) is 0 Å². The first-order valence-electron chi connectivity index (χ1n) is 30.5. The van der Waals surface area contributed by atoms with Crippen molar-refractivity contribution >= 4 is 0 Å². The molecule has 418 valence electrons. The Bertz CT molecular complexity index is 1790. The maximum atomic E-state index is 10.8. The van der Waals surface area contributed by atoms with E-state index in [0.717, 1.165) is 29.5 Å². The van der Waals surface area contributed by atoms with Crippen molar-refractivity contribution in [3.8, 4) is 11.8 Å². The molecule has 7 nitrogen and oxygen atoms in total. The van der Waals surface area contributed by atoms with Gasteiger partial charge in [-0.25, -0.2) is 0 Å². The van der Waals surface area contributed by atoms with Gasteiger partial charge in [0.2, 0.25) is 0 Å². The van der Waals surface area contributed by atoms with Crippen LogP contribution in [-0.2, 0) is 19.8 Å². The zero-order chi connectivity index (χ0) is 53.4. The van der Waals surface area contributed by atoms with Crippen LogP contribution < -0.4 is 4.74 Å². The number of benzene rings is 4. The molecule has 4 aromatic rings. The van der Waals surface area contributed by atoms with Crippen LogP contribution in [0.2, 0.25) is 0 Å². The standard InChI is InChI=1S/C40H58O3.C28H47NO3/c1-2-3-4-5-6-7-8-9-10-11-12-13-14-15-16-26-33-42-34-39(41)35-43-40(36-27-20-17-21-28-36,37-29-22-18-23-30-37)38-31-24-19-25-32-38;1-2-3-4-5-6-7-8-9-10-11-12-13-14-15-16-19-22-31-25-27(24-30)32-28-21-18-17-20-26(28)23-29/h17-25,27-32,39,41H,2-16,26,33-35H2,1H3;17-18,20-21,27,30H,2-16,19,22,24-25H2,1H3/t39-;27-/m10/s1. The van der Waals surface area contributed by atoms with Crippen LogP contribution in [0.3, 0.4) is 0 Å². The molecule has 0 aliphatic heterocycles. The molecule has 4 aromatic carbocycles. The normalized spacial score (nSPS) is 12.2. The van der Waals surface area contributed by atoms with Gasteiger partial charge in [0.25, 0.3) is 0 Å². The van der Waals surface area contributed by atoms with E-state index in [4.69, 9.17) is 24.2 Å². The summed E-state index contributed by atoms with van der Waals surface area (Å²) in [6.45, 7) is 6.63. The van der Waals surface area contributed by atoms with Gasteiger partial charge in [0.15, 0.2) is 0 Å².